The molecule has 2 amide bonds. The summed E-state index contributed by atoms with van der Waals surface area (Å²) in [5, 5.41) is 10.7. The Labute approximate surface area is 72.8 Å². The SMILES string of the molecule is NC(=O)C1OCC(=O)NC1C(=O)O. The summed E-state index contributed by atoms with van der Waals surface area (Å²) in [7, 11) is 0. The molecule has 0 saturated carbocycles. The van der Waals surface area contributed by atoms with E-state index < -0.39 is 29.9 Å². The number of carbonyl (C=O) groups is 3. The van der Waals surface area contributed by atoms with E-state index >= 15 is 0 Å². The van der Waals surface area contributed by atoms with E-state index in [-0.39, 0.29) is 6.61 Å². The number of rotatable bonds is 2. The van der Waals surface area contributed by atoms with Crippen LogP contribution in [0.4, 0.5) is 0 Å². The van der Waals surface area contributed by atoms with Crippen molar-refractivity contribution in [3.05, 3.63) is 0 Å². The standard InChI is InChI=1S/C6H8N2O5/c7-5(10)4-3(6(11)12)8-2(9)1-13-4/h3-4H,1H2,(H2,7,10)(H,8,9)(H,11,12). The number of hydrogen-bond donors (Lipinski definition) is 3. The van der Waals surface area contributed by atoms with Gasteiger partial charge in [0, 0.05) is 0 Å². The Kier molecular flexibility index (Phi) is 2.47. The fourth-order valence-corrected chi connectivity index (χ4v) is 0.990. The molecule has 0 aromatic heterocycles. The van der Waals surface area contributed by atoms with Crippen molar-refractivity contribution in [1.82, 2.24) is 5.32 Å². The van der Waals surface area contributed by atoms with Gasteiger partial charge in [-0.15, -0.1) is 0 Å². The molecule has 2 atom stereocenters. The highest BCUT2D eigenvalue weighted by Gasteiger charge is 2.38. The van der Waals surface area contributed by atoms with Gasteiger partial charge in [-0.05, 0) is 0 Å². The molecule has 1 fully saturated rings. The summed E-state index contributed by atoms with van der Waals surface area (Å²) in [5.41, 5.74) is 4.86. The van der Waals surface area contributed by atoms with Crippen LogP contribution in [0.1, 0.15) is 0 Å². The molecule has 0 radical (unpaired) electrons. The van der Waals surface area contributed by atoms with Crippen LogP contribution in [0.3, 0.4) is 0 Å². The first kappa shape index (κ1) is 9.46. The summed E-state index contributed by atoms with van der Waals surface area (Å²) < 4.78 is 4.66. The van der Waals surface area contributed by atoms with Gasteiger partial charge in [-0.2, -0.15) is 0 Å². The number of carboxylic acid groups (broad SMARTS) is 1. The molecule has 0 spiro atoms. The minimum atomic E-state index is -1.39. The molecule has 1 aliphatic heterocycles. The van der Waals surface area contributed by atoms with E-state index in [1.54, 1.807) is 0 Å². The minimum Gasteiger partial charge on any atom is -0.480 e. The lowest BCUT2D eigenvalue weighted by Crippen LogP contribution is -2.59. The van der Waals surface area contributed by atoms with Gasteiger partial charge in [0.25, 0.3) is 0 Å². The second-order valence-electron chi connectivity index (χ2n) is 2.52. The molecule has 1 rings (SSSR count). The molecular formula is C6H8N2O5. The van der Waals surface area contributed by atoms with Crippen LogP contribution in [0.2, 0.25) is 0 Å². The number of carboxylic acids is 1. The van der Waals surface area contributed by atoms with E-state index in [2.05, 4.69) is 10.1 Å². The molecule has 7 nitrogen and oxygen atoms in total. The van der Waals surface area contributed by atoms with E-state index in [1.165, 1.54) is 0 Å². The largest absolute Gasteiger partial charge is 0.480 e. The zero-order valence-corrected chi connectivity index (χ0v) is 6.52. The highest BCUT2D eigenvalue weighted by molar-refractivity contribution is 5.93. The normalized spacial score (nSPS) is 27.8. The zero-order chi connectivity index (χ0) is 10.0. The van der Waals surface area contributed by atoms with E-state index in [9.17, 15) is 14.4 Å². The molecule has 2 unspecified atom stereocenters. The maximum Gasteiger partial charge on any atom is 0.329 e. The highest BCUT2D eigenvalue weighted by Crippen LogP contribution is 2.04. The molecule has 0 bridgehead atoms. The second-order valence-corrected chi connectivity index (χ2v) is 2.52. The van der Waals surface area contributed by atoms with E-state index in [0.29, 0.717) is 0 Å². The Hall–Kier alpha value is -1.63. The fourth-order valence-electron chi connectivity index (χ4n) is 0.990. The second kappa shape index (κ2) is 3.40. The van der Waals surface area contributed by atoms with E-state index in [1.807, 2.05) is 0 Å². The van der Waals surface area contributed by atoms with Crippen LogP contribution in [0.25, 0.3) is 0 Å². The summed E-state index contributed by atoms with van der Waals surface area (Å²) in [6.45, 7) is -0.350. The minimum absolute atomic E-state index is 0.350. The van der Waals surface area contributed by atoms with Gasteiger partial charge in [-0.1, -0.05) is 0 Å². The lowest BCUT2D eigenvalue weighted by Gasteiger charge is -2.26. The maximum atomic E-state index is 10.7. The molecular weight excluding hydrogens is 180 g/mol. The first-order chi connectivity index (χ1) is 6.02. The van der Waals surface area contributed by atoms with Gasteiger partial charge in [0.2, 0.25) is 11.8 Å². The Bertz CT molecular complexity index is 264. The van der Waals surface area contributed by atoms with Crippen LogP contribution < -0.4 is 11.1 Å². The Balaban J connectivity index is 2.77. The molecule has 1 saturated heterocycles. The fraction of sp³-hybridized carbons (Fsp3) is 0.500. The third kappa shape index (κ3) is 1.94. The van der Waals surface area contributed by atoms with Gasteiger partial charge >= 0.3 is 5.97 Å². The van der Waals surface area contributed by atoms with Gasteiger partial charge in [-0.25, -0.2) is 4.79 Å². The Morgan fingerprint density at radius 3 is 2.69 bits per heavy atom. The number of hydrogen-bond acceptors (Lipinski definition) is 4. The molecule has 72 valence electrons. The number of nitrogens with two attached hydrogens (primary N) is 1. The summed E-state index contributed by atoms with van der Waals surface area (Å²) in [6.07, 6.45) is -1.30. The van der Waals surface area contributed by atoms with Crippen molar-refractivity contribution in [2.24, 2.45) is 5.73 Å². The Morgan fingerprint density at radius 1 is 1.62 bits per heavy atom. The van der Waals surface area contributed by atoms with Crippen molar-refractivity contribution in [2.75, 3.05) is 6.61 Å². The van der Waals surface area contributed by atoms with Crippen molar-refractivity contribution in [1.29, 1.82) is 0 Å². The molecule has 0 aromatic rings. The number of ether oxygens (including phenoxy) is 1. The molecule has 0 aromatic carbocycles. The van der Waals surface area contributed by atoms with Crippen LogP contribution >= 0.6 is 0 Å². The molecule has 7 heteroatoms. The van der Waals surface area contributed by atoms with Crippen LogP contribution in [-0.4, -0.2) is 41.6 Å². The number of aliphatic carboxylic acids is 1. The number of morpholine rings is 1. The first-order valence-electron chi connectivity index (χ1n) is 3.45. The predicted octanol–water partition coefficient (Wildman–Crippen LogP) is -2.56. The van der Waals surface area contributed by atoms with Crippen LogP contribution in [0, 0.1) is 0 Å². The summed E-state index contributed by atoms with van der Waals surface area (Å²) in [4.78, 5) is 31.9. The zero-order valence-electron chi connectivity index (χ0n) is 6.52. The van der Waals surface area contributed by atoms with Crippen molar-refractivity contribution in [3.63, 3.8) is 0 Å². The van der Waals surface area contributed by atoms with E-state index in [4.69, 9.17) is 10.8 Å². The summed E-state index contributed by atoms with van der Waals surface area (Å²) in [6, 6.07) is -1.39. The van der Waals surface area contributed by atoms with Crippen LogP contribution in [0.15, 0.2) is 0 Å². The number of nitrogens with one attached hydrogen (secondary N) is 1. The smallest absolute Gasteiger partial charge is 0.329 e. The van der Waals surface area contributed by atoms with Gasteiger partial charge in [-0.3, -0.25) is 9.59 Å². The quantitative estimate of drug-likeness (QED) is 0.440. The predicted molar refractivity (Wildman–Crippen MR) is 38.5 cm³/mol. The number of amides is 2. The lowest BCUT2D eigenvalue weighted by molar-refractivity contribution is -0.159. The first-order valence-corrected chi connectivity index (χ1v) is 3.45. The Morgan fingerprint density at radius 2 is 2.23 bits per heavy atom. The third-order valence-corrected chi connectivity index (χ3v) is 1.56. The van der Waals surface area contributed by atoms with Crippen molar-refractivity contribution in [2.45, 2.75) is 12.1 Å². The van der Waals surface area contributed by atoms with Gasteiger partial charge < -0.3 is 20.9 Å². The molecule has 0 aliphatic carbocycles. The van der Waals surface area contributed by atoms with Gasteiger partial charge in [0.15, 0.2) is 12.1 Å². The topological polar surface area (TPSA) is 119 Å². The summed E-state index contributed by atoms with van der Waals surface area (Å²) >= 11 is 0. The molecule has 13 heavy (non-hydrogen) atoms. The lowest BCUT2D eigenvalue weighted by atomic mass is 10.1. The van der Waals surface area contributed by atoms with Crippen molar-refractivity contribution in [3.8, 4) is 0 Å². The number of carbonyl (C=O) groups excluding carboxylic acids is 2. The highest BCUT2D eigenvalue weighted by atomic mass is 16.5. The third-order valence-electron chi connectivity index (χ3n) is 1.56. The maximum absolute atomic E-state index is 10.7. The molecule has 1 heterocycles. The van der Waals surface area contributed by atoms with Gasteiger partial charge in [0.05, 0.1) is 0 Å². The monoisotopic (exact) mass is 188 g/mol. The van der Waals surface area contributed by atoms with E-state index in [0.717, 1.165) is 0 Å². The van der Waals surface area contributed by atoms with Crippen molar-refractivity contribution >= 4 is 17.8 Å². The molecule has 1 aliphatic rings. The average Bonchev–Trinajstić information content (AvgIpc) is 2.03. The van der Waals surface area contributed by atoms with Crippen molar-refractivity contribution < 1.29 is 24.2 Å². The van der Waals surface area contributed by atoms with Crippen LogP contribution in [-0.2, 0) is 19.1 Å². The summed E-state index contributed by atoms with van der Waals surface area (Å²) in [5.74, 6) is -2.84. The van der Waals surface area contributed by atoms with Crippen LogP contribution in [0.5, 0.6) is 0 Å². The number of primary amides is 1. The average molecular weight is 188 g/mol. The molecule has 4 N–H and O–H groups in total. The van der Waals surface area contributed by atoms with Gasteiger partial charge in [0.1, 0.15) is 6.61 Å².